The van der Waals surface area contributed by atoms with E-state index in [-0.39, 0.29) is 12.4 Å². The van der Waals surface area contributed by atoms with E-state index >= 15 is 0 Å². The maximum atomic E-state index is 9.83. The summed E-state index contributed by atoms with van der Waals surface area (Å²) in [7, 11) is 0. The average Bonchev–Trinajstić information content (AvgIpc) is 2.57. The number of aliphatic hydroxyl groups excluding tert-OH is 1. The number of benzene rings is 1. The largest absolute Gasteiger partial charge is 0.504 e. The van der Waals surface area contributed by atoms with Crippen LogP contribution in [0.2, 0.25) is 0 Å². The third-order valence-electron chi connectivity index (χ3n) is 2.37. The molecule has 2 rings (SSSR count). The number of hydrogen-bond acceptors (Lipinski definition) is 4. The molecule has 0 saturated heterocycles. The number of fused-ring (bicyclic) bond motifs is 1. The zero-order valence-corrected chi connectivity index (χ0v) is 8.18. The fourth-order valence-electron chi connectivity index (χ4n) is 1.57. The van der Waals surface area contributed by atoms with Gasteiger partial charge in [-0.15, -0.1) is 0 Å². The summed E-state index contributed by atoms with van der Waals surface area (Å²) < 4.78 is 5.43. The lowest BCUT2D eigenvalue weighted by atomic mass is 10.1. The van der Waals surface area contributed by atoms with Gasteiger partial charge < -0.3 is 20.4 Å². The summed E-state index contributed by atoms with van der Waals surface area (Å²) in [6, 6.07) is 6.71. The Morgan fingerprint density at radius 1 is 1.33 bits per heavy atom. The minimum Gasteiger partial charge on any atom is -0.504 e. The summed E-state index contributed by atoms with van der Waals surface area (Å²) >= 11 is 0. The lowest BCUT2D eigenvalue weighted by molar-refractivity contribution is 0.267. The standard InChI is InChI=1S/C11H13NO3/c12-8(5-6-13)11-10(14)7-3-1-2-4-9(7)15-11/h1-4,8,13-14H,5-6,12H2. The molecule has 0 aliphatic heterocycles. The van der Waals surface area contributed by atoms with E-state index in [1.807, 2.05) is 12.1 Å². The molecule has 1 aromatic heterocycles. The molecule has 0 radical (unpaired) electrons. The van der Waals surface area contributed by atoms with Crippen molar-refractivity contribution in [3.05, 3.63) is 30.0 Å². The molecule has 0 bridgehead atoms. The molecule has 0 aliphatic carbocycles. The Labute approximate surface area is 86.9 Å². The van der Waals surface area contributed by atoms with Crippen LogP contribution < -0.4 is 5.73 Å². The highest BCUT2D eigenvalue weighted by Gasteiger charge is 2.18. The summed E-state index contributed by atoms with van der Waals surface area (Å²) in [5, 5.41) is 19.2. The SMILES string of the molecule is NC(CCO)c1oc2ccccc2c1O. The third kappa shape index (κ3) is 1.69. The van der Waals surface area contributed by atoms with Crippen LogP contribution in [-0.2, 0) is 0 Å². The molecular formula is C11H13NO3. The van der Waals surface area contributed by atoms with Gasteiger partial charge in [0.25, 0.3) is 0 Å². The molecular weight excluding hydrogens is 194 g/mol. The fraction of sp³-hybridized carbons (Fsp3) is 0.273. The van der Waals surface area contributed by atoms with Gasteiger partial charge in [0.15, 0.2) is 11.5 Å². The number of furan rings is 1. The van der Waals surface area contributed by atoms with Crippen LogP contribution in [0, 0.1) is 0 Å². The van der Waals surface area contributed by atoms with Gasteiger partial charge in [0.1, 0.15) is 5.58 Å². The van der Waals surface area contributed by atoms with E-state index < -0.39 is 6.04 Å². The van der Waals surface area contributed by atoms with Crippen molar-refractivity contribution in [3.63, 3.8) is 0 Å². The molecule has 2 aromatic rings. The quantitative estimate of drug-likeness (QED) is 0.712. The van der Waals surface area contributed by atoms with Gasteiger partial charge in [-0.05, 0) is 18.6 Å². The van der Waals surface area contributed by atoms with Gasteiger partial charge in [0, 0.05) is 6.61 Å². The molecule has 1 unspecified atom stereocenters. The van der Waals surface area contributed by atoms with Crippen molar-refractivity contribution in [1.82, 2.24) is 0 Å². The predicted octanol–water partition coefficient (Wildman–Crippen LogP) is 1.52. The van der Waals surface area contributed by atoms with E-state index in [0.717, 1.165) is 0 Å². The Morgan fingerprint density at radius 3 is 2.73 bits per heavy atom. The Bertz CT molecular complexity index is 464. The molecule has 0 aliphatic rings. The maximum absolute atomic E-state index is 9.83. The first-order chi connectivity index (χ1) is 7.24. The number of nitrogens with two attached hydrogens (primary N) is 1. The lowest BCUT2D eigenvalue weighted by Gasteiger charge is -2.05. The normalized spacial score (nSPS) is 13.2. The van der Waals surface area contributed by atoms with E-state index in [0.29, 0.717) is 23.2 Å². The number of rotatable bonds is 3. The van der Waals surface area contributed by atoms with Crippen LogP contribution in [0.3, 0.4) is 0 Å². The van der Waals surface area contributed by atoms with E-state index in [2.05, 4.69) is 0 Å². The minimum absolute atomic E-state index is 0.0301. The zero-order valence-electron chi connectivity index (χ0n) is 8.18. The van der Waals surface area contributed by atoms with Crippen molar-refractivity contribution < 1.29 is 14.6 Å². The second-order valence-electron chi connectivity index (χ2n) is 3.43. The van der Waals surface area contributed by atoms with Crippen molar-refractivity contribution >= 4 is 11.0 Å². The topological polar surface area (TPSA) is 79.6 Å². The molecule has 4 N–H and O–H groups in total. The third-order valence-corrected chi connectivity index (χ3v) is 2.37. The van der Waals surface area contributed by atoms with Crippen molar-refractivity contribution in [3.8, 4) is 5.75 Å². The van der Waals surface area contributed by atoms with E-state index in [9.17, 15) is 5.11 Å². The second-order valence-corrected chi connectivity index (χ2v) is 3.43. The Kier molecular flexibility index (Phi) is 2.62. The predicted molar refractivity (Wildman–Crippen MR) is 56.5 cm³/mol. The highest BCUT2D eigenvalue weighted by Crippen LogP contribution is 2.35. The van der Waals surface area contributed by atoms with Crippen LogP contribution in [-0.4, -0.2) is 16.8 Å². The molecule has 1 heterocycles. The number of para-hydroxylation sites is 1. The molecule has 80 valence electrons. The molecule has 15 heavy (non-hydrogen) atoms. The van der Waals surface area contributed by atoms with Gasteiger partial charge >= 0.3 is 0 Å². The smallest absolute Gasteiger partial charge is 0.166 e. The fourth-order valence-corrected chi connectivity index (χ4v) is 1.57. The van der Waals surface area contributed by atoms with Gasteiger partial charge in [-0.2, -0.15) is 0 Å². The molecule has 0 spiro atoms. The first-order valence-corrected chi connectivity index (χ1v) is 4.81. The first kappa shape index (κ1) is 10.0. The second kappa shape index (κ2) is 3.92. The molecule has 4 nitrogen and oxygen atoms in total. The van der Waals surface area contributed by atoms with Gasteiger partial charge in [-0.1, -0.05) is 12.1 Å². The number of aliphatic hydroxyl groups is 1. The summed E-state index contributed by atoms with van der Waals surface area (Å²) in [5.74, 6) is 0.414. The highest BCUT2D eigenvalue weighted by molar-refractivity contribution is 5.85. The monoisotopic (exact) mass is 207 g/mol. The van der Waals surface area contributed by atoms with Crippen LogP contribution in [0.25, 0.3) is 11.0 Å². The van der Waals surface area contributed by atoms with Gasteiger partial charge in [-0.25, -0.2) is 0 Å². The Balaban J connectivity index is 2.48. The van der Waals surface area contributed by atoms with Crippen molar-refractivity contribution in [1.29, 1.82) is 0 Å². The number of hydrogen-bond donors (Lipinski definition) is 3. The maximum Gasteiger partial charge on any atom is 0.166 e. The van der Waals surface area contributed by atoms with Crippen molar-refractivity contribution in [2.24, 2.45) is 5.73 Å². The van der Waals surface area contributed by atoms with Gasteiger partial charge in [0.2, 0.25) is 0 Å². The Morgan fingerprint density at radius 2 is 2.07 bits per heavy atom. The van der Waals surface area contributed by atoms with Gasteiger partial charge in [-0.3, -0.25) is 0 Å². The van der Waals surface area contributed by atoms with Crippen molar-refractivity contribution in [2.45, 2.75) is 12.5 Å². The summed E-state index contributed by atoms with van der Waals surface area (Å²) in [6.07, 6.45) is 0.368. The van der Waals surface area contributed by atoms with E-state index in [4.69, 9.17) is 15.3 Å². The molecule has 0 saturated carbocycles. The molecule has 0 fully saturated rings. The Hall–Kier alpha value is -1.52. The van der Waals surface area contributed by atoms with Crippen LogP contribution in [0.4, 0.5) is 0 Å². The van der Waals surface area contributed by atoms with Crippen LogP contribution in [0.1, 0.15) is 18.2 Å². The summed E-state index contributed by atoms with van der Waals surface area (Å²) in [6.45, 7) is -0.0301. The molecule has 4 heteroatoms. The molecule has 0 amide bonds. The zero-order chi connectivity index (χ0) is 10.8. The highest BCUT2D eigenvalue weighted by atomic mass is 16.4. The van der Waals surface area contributed by atoms with Crippen LogP contribution >= 0.6 is 0 Å². The minimum atomic E-state index is -0.470. The molecule has 1 atom stereocenters. The first-order valence-electron chi connectivity index (χ1n) is 4.81. The van der Waals surface area contributed by atoms with Crippen molar-refractivity contribution in [2.75, 3.05) is 6.61 Å². The summed E-state index contributed by atoms with van der Waals surface area (Å²) in [5.41, 5.74) is 6.37. The lowest BCUT2D eigenvalue weighted by Crippen LogP contribution is -2.10. The summed E-state index contributed by atoms with van der Waals surface area (Å²) in [4.78, 5) is 0. The van der Waals surface area contributed by atoms with E-state index in [1.165, 1.54) is 0 Å². The average molecular weight is 207 g/mol. The van der Waals surface area contributed by atoms with Gasteiger partial charge in [0.05, 0.1) is 11.4 Å². The number of aromatic hydroxyl groups is 1. The van der Waals surface area contributed by atoms with Crippen LogP contribution in [0.15, 0.2) is 28.7 Å². The van der Waals surface area contributed by atoms with E-state index in [1.54, 1.807) is 12.1 Å². The van der Waals surface area contributed by atoms with Crippen LogP contribution in [0.5, 0.6) is 5.75 Å². The molecule has 1 aromatic carbocycles.